The number of rotatable bonds is 19. The lowest BCUT2D eigenvalue weighted by Crippen LogP contribution is -2.37. The van der Waals surface area contributed by atoms with Gasteiger partial charge in [0.25, 0.3) is 0 Å². The molecule has 0 heteroatoms. The molecular weight excluding hydrogens is 625 g/mol. The van der Waals surface area contributed by atoms with Crippen molar-refractivity contribution in [3.8, 4) is 0 Å². The lowest BCUT2D eigenvalue weighted by atomic mass is 9.56. The molecule has 52 heavy (non-hydrogen) atoms. The number of hydrogen-bond acceptors (Lipinski definition) is 0. The molecule has 1 rings (SSSR count). The van der Waals surface area contributed by atoms with Crippen LogP contribution in [0.15, 0.2) is 0 Å². The summed E-state index contributed by atoms with van der Waals surface area (Å²) in [4.78, 5) is 0. The van der Waals surface area contributed by atoms with Gasteiger partial charge >= 0.3 is 0 Å². The third-order valence-electron chi connectivity index (χ3n) is 11.4. The summed E-state index contributed by atoms with van der Waals surface area (Å²) in [6.07, 6.45) is 39.5. The third-order valence-corrected chi connectivity index (χ3v) is 11.4. The van der Waals surface area contributed by atoms with Crippen LogP contribution in [0.3, 0.4) is 0 Å². The lowest BCUT2D eigenvalue weighted by Gasteiger charge is -2.49. The van der Waals surface area contributed by atoms with E-state index in [-0.39, 0.29) is 14.9 Å². The minimum atomic E-state index is 0. The molecule has 1 fully saturated rings. The fraction of sp³-hybridized carbons (Fsp3) is 1.00. The lowest BCUT2D eigenvalue weighted by molar-refractivity contribution is 0.0187. The van der Waals surface area contributed by atoms with E-state index >= 15 is 0 Å². The van der Waals surface area contributed by atoms with Crippen molar-refractivity contribution in [3.05, 3.63) is 0 Å². The number of unbranched alkanes of at least 4 members (excludes halogenated alkanes) is 4. The van der Waals surface area contributed by atoms with Crippen LogP contribution in [0.4, 0.5) is 0 Å². The Kier molecular flexibility index (Phi) is 60.6. The summed E-state index contributed by atoms with van der Waals surface area (Å²) in [5.74, 6) is 0. The fourth-order valence-corrected chi connectivity index (χ4v) is 9.47. The second-order valence-electron chi connectivity index (χ2n) is 16.7. The van der Waals surface area contributed by atoms with E-state index in [4.69, 9.17) is 0 Å². The monoisotopic (exact) mass is 743 g/mol. The fourth-order valence-electron chi connectivity index (χ4n) is 9.47. The first-order valence-electron chi connectivity index (χ1n) is 24.0. The van der Waals surface area contributed by atoms with Gasteiger partial charge in [0.1, 0.15) is 0 Å². The maximum atomic E-state index is 2.56. The summed E-state index contributed by atoms with van der Waals surface area (Å²) in [6, 6.07) is 0. The van der Waals surface area contributed by atoms with Gasteiger partial charge in [0.15, 0.2) is 0 Å². The highest BCUT2D eigenvalue weighted by Crippen LogP contribution is 2.61. The molecule has 0 saturated heterocycles. The van der Waals surface area contributed by atoms with Crippen LogP contribution in [-0.4, -0.2) is 0 Å². The van der Waals surface area contributed by atoms with Crippen LogP contribution >= 0.6 is 0 Å². The van der Waals surface area contributed by atoms with Gasteiger partial charge in [0.05, 0.1) is 0 Å². The predicted octanol–water partition coefficient (Wildman–Crippen LogP) is 21.4. The summed E-state index contributed by atoms with van der Waals surface area (Å²) in [6.45, 7) is 41.2. The van der Waals surface area contributed by atoms with Crippen molar-refractivity contribution in [2.45, 2.75) is 319 Å². The molecule has 0 aromatic rings. The van der Waals surface area contributed by atoms with Gasteiger partial charge in [-0.15, -0.1) is 0 Å². The zero-order valence-electron chi connectivity index (χ0n) is 39.8. The summed E-state index contributed by atoms with van der Waals surface area (Å²) >= 11 is 0. The molecule has 0 heterocycles. The molecule has 1 aliphatic rings. The Labute approximate surface area is 339 Å². The van der Waals surface area contributed by atoms with E-state index in [1.807, 2.05) is 13.8 Å². The van der Waals surface area contributed by atoms with Crippen molar-refractivity contribution in [2.24, 2.45) is 21.7 Å². The Balaban J connectivity index is -0.000000168. The van der Waals surface area contributed by atoms with Gasteiger partial charge in [-0.3, -0.25) is 0 Å². The van der Waals surface area contributed by atoms with Gasteiger partial charge in [-0.25, -0.2) is 0 Å². The summed E-state index contributed by atoms with van der Waals surface area (Å²) in [5.41, 5.74) is 2.33. The van der Waals surface area contributed by atoms with Gasteiger partial charge in [-0.1, -0.05) is 242 Å². The van der Waals surface area contributed by atoms with E-state index in [0.29, 0.717) is 21.7 Å². The minimum Gasteiger partial charge on any atom is -0.0776 e. The van der Waals surface area contributed by atoms with Crippen molar-refractivity contribution in [1.29, 1.82) is 0 Å². The molecule has 0 aliphatic heterocycles. The van der Waals surface area contributed by atoms with E-state index < -0.39 is 0 Å². The molecule has 0 nitrogen and oxygen atoms in total. The van der Waals surface area contributed by atoms with E-state index in [2.05, 4.69) is 111 Å². The molecule has 0 aromatic carbocycles. The zero-order chi connectivity index (χ0) is 39.8. The predicted molar refractivity (Wildman–Crippen MR) is 255 cm³/mol. The average molecular weight is 744 g/mol. The van der Waals surface area contributed by atoms with Crippen LogP contribution in [0.5, 0.6) is 0 Å². The topological polar surface area (TPSA) is 0 Å². The molecule has 326 valence electrons. The minimum absolute atomic E-state index is 0. The Hall–Kier alpha value is 0. The van der Waals surface area contributed by atoms with Crippen molar-refractivity contribution in [1.82, 2.24) is 0 Å². The Morgan fingerprint density at radius 3 is 0.692 bits per heavy atom. The quantitative estimate of drug-likeness (QED) is 0.124. The van der Waals surface area contributed by atoms with Crippen LogP contribution in [0, 0.1) is 21.7 Å². The highest BCUT2D eigenvalue weighted by molar-refractivity contribution is 5.00. The van der Waals surface area contributed by atoms with Gasteiger partial charge in [0.2, 0.25) is 0 Å². The van der Waals surface area contributed by atoms with Crippen LogP contribution in [0.2, 0.25) is 0 Å². The van der Waals surface area contributed by atoms with Crippen LogP contribution in [-0.2, 0) is 0 Å². The van der Waals surface area contributed by atoms with Crippen LogP contribution in [0.1, 0.15) is 319 Å². The standard InChI is InChI=1S/C32H64.C5H12.2C4H10.C3H8.C2H6.2CH4/c1-9-17-29(16-8)26-30(18-10-2,19-11-3)24-25-31(20-12-4,21-13-5)28-32(27-29,22-14-6)23-15-7;1-3-5-4-2;2*1-3-4-2;1-3-2;1-2;;/h9-28H2,1-8H3;3-5H2,1-2H3;2*3-4H2,1-2H3;3H2,1-2H3;1-2H3;2*1H4. The maximum Gasteiger partial charge on any atom is -0.0287 e. The van der Waals surface area contributed by atoms with Crippen molar-refractivity contribution < 1.29 is 0 Å². The van der Waals surface area contributed by atoms with Crippen LogP contribution < -0.4 is 0 Å². The molecule has 1 saturated carbocycles. The SMILES string of the molecule is C.C.CC.CCC.CCCC.CCCC.CCCC1(CCC)CCC(CCC)(CCC)CC(CCC)(CCC)CC(CC)(CCC)C1.CCCCC. The van der Waals surface area contributed by atoms with Crippen molar-refractivity contribution >= 4 is 0 Å². The molecule has 0 radical (unpaired) electrons. The van der Waals surface area contributed by atoms with Crippen LogP contribution in [0.25, 0.3) is 0 Å². The maximum absolute atomic E-state index is 2.56. The van der Waals surface area contributed by atoms with E-state index in [0.717, 1.165) is 0 Å². The normalized spacial score (nSPS) is 17.9. The highest BCUT2D eigenvalue weighted by Gasteiger charge is 2.49. The third kappa shape index (κ3) is 33.3. The largest absolute Gasteiger partial charge is 0.0776 e. The Morgan fingerprint density at radius 2 is 0.500 bits per heavy atom. The Bertz CT molecular complexity index is 559. The molecule has 0 aromatic heterocycles. The van der Waals surface area contributed by atoms with E-state index in [1.54, 1.807) is 0 Å². The van der Waals surface area contributed by atoms with E-state index in [9.17, 15) is 0 Å². The smallest absolute Gasteiger partial charge is 0.0287 e. The van der Waals surface area contributed by atoms with Crippen molar-refractivity contribution in [2.75, 3.05) is 0 Å². The first-order valence-corrected chi connectivity index (χ1v) is 24.0. The highest BCUT2D eigenvalue weighted by atomic mass is 14.5. The van der Waals surface area contributed by atoms with Crippen molar-refractivity contribution in [3.63, 3.8) is 0 Å². The zero-order valence-corrected chi connectivity index (χ0v) is 39.8. The molecule has 0 N–H and O–H groups in total. The summed E-state index contributed by atoms with van der Waals surface area (Å²) in [5, 5.41) is 0. The average Bonchev–Trinajstić information content (AvgIpc) is 3.14. The second kappa shape index (κ2) is 47.2. The summed E-state index contributed by atoms with van der Waals surface area (Å²) in [7, 11) is 0. The molecule has 0 amide bonds. The van der Waals surface area contributed by atoms with Gasteiger partial charge < -0.3 is 0 Å². The molecule has 1 unspecified atom stereocenters. The van der Waals surface area contributed by atoms with E-state index in [1.165, 1.54) is 180 Å². The Morgan fingerprint density at radius 1 is 0.288 bits per heavy atom. The molecule has 0 spiro atoms. The van der Waals surface area contributed by atoms with Gasteiger partial charge in [-0.05, 0) is 98.7 Å². The first kappa shape index (κ1) is 66.8. The van der Waals surface area contributed by atoms with Gasteiger partial charge in [0, 0.05) is 0 Å². The molecular formula is C52H118. The second-order valence-corrected chi connectivity index (χ2v) is 16.7. The van der Waals surface area contributed by atoms with Gasteiger partial charge in [-0.2, -0.15) is 0 Å². The molecule has 1 atom stereocenters. The first-order chi connectivity index (χ1) is 24.0. The summed E-state index contributed by atoms with van der Waals surface area (Å²) < 4.78 is 0. The molecule has 0 bridgehead atoms. The number of hydrogen-bond donors (Lipinski definition) is 0. The molecule has 1 aliphatic carbocycles.